The SMILES string of the molecule is C=C(C)CNC(=O)N1CCCN(C(=O)c2ccc(Cl)cc2)CC1. The minimum Gasteiger partial charge on any atom is -0.337 e. The molecule has 1 aliphatic heterocycles. The van der Waals surface area contributed by atoms with Crippen LogP contribution in [0.15, 0.2) is 36.4 Å². The Kier molecular flexibility index (Phi) is 6.04. The van der Waals surface area contributed by atoms with Crippen LogP contribution in [0.2, 0.25) is 5.02 Å². The molecule has 0 bridgehead atoms. The van der Waals surface area contributed by atoms with Gasteiger partial charge in [0.05, 0.1) is 0 Å². The lowest BCUT2D eigenvalue weighted by atomic mass is 10.2. The summed E-state index contributed by atoms with van der Waals surface area (Å²) in [4.78, 5) is 28.1. The number of urea groups is 1. The lowest BCUT2D eigenvalue weighted by Crippen LogP contribution is -2.43. The first-order valence-electron chi connectivity index (χ1n) is 7.69. The monoisotopic (exact) mass is 335 g/mol. The Morgan fingerprint density at radius 1 is 1.13 bits per heavy atom. The fourth-order valence-corrected chi connectivity index (χ4v) is 2.56. The highest BCUT2D eigenvalue weighted by Crippen LogP contribution is 2.13. The molecule has 1 fully saturated rings. The van der Waals surface area contributed by atoms with E-state index in [1.54, 1.807) is 34.1 Å². The van der Waals surface area contributed by atoms with Crippen LogP contribution in [0.3, 0.4) is 0 Å². The third-order valence-corrected chi connectivity index (χ3v) is 3.95. The van der Waals surface area contributed by atoms with Gasteiger partial charge in [0.2, 0.25) is 0 Å². The second kappa shape index (κ2) is 8.02. The van der Waals surface area contributed by atoms with Gasteiger partial charge in [-0.3, -0.25) is 4.79 Å². The van der Waals surface area contributed by atoms with Crippen molar-refractivity contribution in [1.29, 1.82) is 0 Å². The van der Waals surface area contributed by atoms with Crippen molar-refractivity contribution in [2.75, 3.05) is 32.7 Å². The Labute approximate surface area is 141 Å². The highest BCUT2D eigenvalue weighted by molar-refractivity contribution is 6.30. The maximum atomic E-state index is 12.5. The van der Waals surface area contributed by atoms with Crippen LogP contribution in [0.1, 0.15) is 23.7 Å². The molecule has 1 N–H and O–H groups in total. The van der Waals surface area contributed by atoms with Crippen molar-refractivity contribution in [3.63, 3.8) is 0 Å². The van der Waals surface area contributed by atoms with Crippen molar-refractivity contribution in [2.24, 2.45) is 0 Å². The van der Waals surface area contributed by atoms with E-state index in [0.29, 0.717) is 43.3 Å². The van der Waals surface area contributed by atoms with Crippen LogP contribution in [-0.4, -0.2) is 54.5 Å². The summed E-state index contributed by atoms with van der Waals surface area (Å²) in [6.45, 7) is 8.46. The average Bonchev–Trinajstić information content (AvgIpc) is 2.78. The minimum absolute atomic E-state index is 0.0224. The third-order valence-electron chi connectivity index (χ3n) is 3.70. The zero-order chi connectivity index (χ0) is 16.8. The number of halogens is 1. The second-order valence-electron chi connectivity index (χ2n) is 5.76. The Hall–Kier alpha value is -2.01. The largest absolute Gasteiger partial charge is 0.337 e. The number of nitrogens with zero attached hydrogens (tertiary/aromatic N) is 2. The molecule has 1 heterocycles. The zero-order valence-electron chi connectivity index (χ0n) is 13.3. The maximum Gasteiger partial charge on any atom is 0.317 e. The molecule has 23 heavy (non-hydrogen) atoms. The topological polar surface area (TPSA) is 52.7 Å². The van der Waals surface area contributed by atoms with E-state index in [2.05, 4.69) is 11.9 Å². The van der Waals surface area contributed by atoms with Gasteiger partial charge < -0.3 is 15.1 Å². The molecule has 0 atom stereocenters. The average molecular weight is 336 g/mol. The molecule has 0 saturated carbocycles. The normalized spacial score (nSPS) is 15.0. The first-order valence-corrected chi connectivity index (χ1v) is 8.07. The van der Waals surface area contributed by atoms with Gasteiger partial charge in [0.1, 0.15) is 0 Å². The van der Waals surface area contributed by atoms with E-state index in [1.807, 2.05) is 6.92 Å². The summed E-state index contributed by atoms with van der Waals surface area (Å²) in [6.07, 6.45) is 0.764. The third kappa shape index (κ3) is 4.99. The summed E-state index contributed by atoms with van der Waals surface area (Å²) in [5.74, 6) is -0.0224. The molecule has 1 aromatic carbocycles. The van der Waals surface area contributed by atoms with Crippen molar-refractivity contribution in [3.8, 4) is 0 Å². The van der Waals surface area contributed by atoms with E-state index >= 15 is 0 Å². The van der Waals surface area contributed by atoms with Crippen LogP contribution in [0.25, 0.3) is 0 Å². The Morgan fingerprint density at radius 2 is 1.74 bits per heavy atom. The van der Waals surface area contributed by atoms with Crippen molar-refractivity contribution in [2.45, 2.75) is 13.3 Å². The van der Waals surface area contributed by atoms with Crippen molar-refractivity contribution in [3.05, 3.63) is 47.0 Å². The smallest absolute Gasteiger partial charge is 0.317 e. The van der Waals surface area contributed by atoms with E-state index in [9.17, 15) is 9.59 Å². The van der Waals surface area contributed by atoms with E-state index < -0.39 is 0 Å². The number of benzene rings is 1. The minimum atomic E-state index is -0.103. The second-order valence-corrected chi connectivity index (χ2v) is 6.19. The van der Waals surface area contributed by atoms with Gasteiger partial charge in [0.25, 0.3) is 5.91 Å². The summed E-state index contributed by atoms with van der Waals surface area (Å²) in [7, 11) is 0. The highest BCUT2D eigenvalue weighted by atomic mass is 35.5. The number of nitrogens with one attached hydrogen (secondary N) is 1. The lowest BCUT2D eigenvalue weighted by Gasteiger charge is -2.22. The van der Waals surface area contributed by atoms with Gasteiger partial charge in [-0.1, -0.05) is 23.8 Å². The van der Waals surface area contributed by atoms with Gasteiger partial charge in [-0.2, -0.15) is 0 Å². The molecule has 5 nitrogen and oxygen atoms in total. The fraction of sp³-hybridized carbons (Fsp3) is 0.412. The lowest BCUT2D eigenvalue weighted by molar-refractivity contribution is 0.0762. The number of carbonyl (C=O) groups is 2. The van der Waals surface area contributed by atoms with Crippen LogP contribution >= 0.6 is 11.6 Å². The number of amides is 3. The molecule has 6 heteroatoms. The summed E-state index contributed by atoms with van der Waals surface area (Å²) < 4.78 is 0. The van der Waals surface area contributed by atoms with E-state index in [4.69, 9.17) is 11.6 Å². The van der Waals surface area contributed by atoms with Crippen LogP contribution in [-0.2, 0) is 0 Å². The molecule has 0 unspecified atom stereocenters. The Morgan fingerprint density at radius 3 is 2.39 bits per heavy atom. The molecular weight excluding hydrogens is 314 g/mol. The number of hydrogen-bond acceptors (Lipinski definition) is 2. The van der Waals surface area contributed by atoms with Gasteiger partial charge in [0.15, 0.2) is 0 Å². The maximum absolute atomic E-state index is 12.5. The summed E-state index contributed by atoms with van der Waals surface area (Å²) in [6, 6.07) is 6.78. The van der Waals surface area contributed by atoms with Crippen molar-refractivity contribution < 1.29 is 9.59 Å². The predicted octanol–water partition coefficient (Wildman–Crippen LogP) is 2.77. The molecule has 0 aliphatic carbocycles. The molecule has 2 rings (SSSR count). The van der Waals surface area contributed by atoms with Crippen molar-refractivity contribution in [1.82, 2.24) is 15.1 Å². The summed E-state index contributed by atoms with van der Waals surface area (Å²) in [5, 5.41) is 3.44. The van der Waals surface area contributed by atoms with Gasteiger partial charge in [-0.05, 0) is 37.6 Å². The van der Waals surface area contributed by atoms with Gasteiger partial charge in [-0.25, -0.2) is 4.79 Å². The highest BCUT2D eigenvalue weighted by Gasteiger charge is 2.22. The standard InChI is InChI=1S/C17H22ClN3O2/c1-13(2)12-19-17(23)21-9-3-8-20(10-11-21)16(22)14-4-6-15(18)7-5-14/h4-7H,1,3,8-12H2,2H3,(H,19,23). The molecule has 3 amide bonds. The van der Waals surface area contributed by atoms with Crippen LogP contribution < -0.4 is 5.32 Å². The first kappa shape index (κ1) is 17.3. The zero-order valence-corrected chi connectivity index (χ0v) is 14.1. The Balaban J connectivity index is 1.92. The quantitative estimate of drug-likeness (QED) is 0.863. The molecule has 124 valence electrons. The molecule has 0 radical (unpaired) electrons. The van der Waals surface area contributed by atoms with Crippen molar-refractivity contribution >= 4 is 23.5 Å². The molecule has 0 spiro atoms. The molecular formula is C17H22ClN3O2. The van der Waals surface area contributed by atoms with E-state index in [1.165, 1.54) is 0 Å². The number of rotatable bonds is 3. The van der Waals surface area contributed by atoms with Gasteiger partial charge >= 0.3 is 6.03 Å². The predicted molar refractivity (Wildman–Crippen MR) is 91.8 cm³/mol. The molecule has 1 aromatic rings. The molecule has 0 aromatic heterocycles. The van der Waals surface area contributed by atoms with Crippen LogP contribution in [0.5, 0.6) is 0 Å². The van der Waals surface area contributed by atoms with E-state index in [-0.39, 0.29) is 11.9 Å². The van der Waals surface area contributed by atoms with Gasteiger partial charge in [-0.15, -0.1) is 0 Å². The first-order chi connectivity index (χ1) is 11.0. The molecule has 1 saturated heterocycles. The van der Waals surface area contributed by atoms with E-state index in [0.717, 1.165) is 12.0 Å². The number of hydrogen-bond donors (Lipinski definition) is 1. The molecule has 1 aliphatic rings. The van der Waals surface area contributed by atoms with Crippen LogP contribution in [0, 0.1) is 0 Å². The fourth-order valence-electron chi connectivity index (χ4n) is 2.44. The summed E-state index contributed by atoms with van der Waals surface area (Å²) >= 11 is 5.85. The van der Waals surface area contributed by atoms with Gasteiger partial charge in [0, 0.05) is 43.3 Å². The summed E-state index contributed by atoms with van der Waals surface area (Å²) in [5.41, 5.74) is 1.53. The number of carbonyl (C=O) groups excluding carboxylic acids is 2. The van der Waals surface area contributed by atoms with Crippen LogP contribution in [0.4, 0.5) is 4.79 Å². The Bertz CT molecular complexity index is 586.